The Balaban J connectivity index is 2.34. The molecule has 2 rings (SSSR count). The van der Waals surface area contributed by atoms with Crippen LogP contribution in [0.3, 0.4) is 0 Å². The van der Waals surface area contributed by atoms with Crippen LogP contribution in [0, 0.1) is 0 Å². The van der Waals surface area contributed by atoms with E-state index in [1.54, 1.807) is 6.20 Å². The number of rotatable bonds is 1. The molecule has 0 unspecified atom stereocenters. The van der Waals surface area contributed by atoms with Gasteiger partial charge in [-0.1, -0.05) is 20.8 Å². The van der Waals surface area contributed by atoms with Crippen molar-refractivity contribution >= 4 is 0 Å². The molecule has 0 amide bonds. The molecule has 1 aliphatic heterocycles. The average Bonchev–Trinajstić information content (AvgIpc) is 1.97. The molecule has 15 heavy (non-hydrogen) atoms. The van der Waals surface area contributed by atoms with E-state index < -0.39 is 0 Å². The zero-order chi connectivity index (χ0) is 11.1. The summed E-state index contributed by atoms with van der Waals surface area (Å²) < 4.78 is 0. The van der Waals surface area contributed by atoms with Crippen molar-refractivity contribution in [3.05, 3.63) is 27.9 Å². The third kappa shape index (κ3) is 1.95. The van der Waals surface area contributed by atoms with E-state index in [2.05, 4.69) is 15.3 Å². The second-order valence-electron chi connectivity index (χ2n) is 5.12. The minimum atomic E-state index is -0.142. The van der Waals surface area contributed by atoms with Crippen LogP contribution in [0.15, 0.2) is 11.0 Å². The lowest BCUT2D eigenvalue weighted by Gasteiger charge is -2.26. The van der Waals surface area contributed by atoms with E-state index in [0.29, 0.717) is 5.92 Å². The maximum Gasteiger partial charge on any atom is 0.254 e. The van der Waals surface area contributed by atoms with Crippen molar-refractivity contribution in [2.45, 2.75) is 32.1 Å². The first kappa shape index (κ1) is 10.4. The molecule has 4 heteroatoms. The Labute approximate surface area is 89.1 Å². The minimum Gasteiger partial charge on any atom is -0.315 e. The fourth-order valence-corrected chi connectivity index (χ4v) is 1.63. The van der Waals surface area contributed by atoms with Crippen LogP contribution in [0.4, 0.5) is 0 Å². The molecule has 1 aromatic heterocycles. The van der Waals surface area contributed by atoms with Crippen LogP contribution in [0.2, 0.25) is 0 Å². The van der Waals surface area contributed by atoms with Crippen LogP contribution in [0.1, 0.15) is 38.1 Å². The lowest BCUT2D eigenvalue weighted by atomic mass is 9.89. The van der Waals surface area contributed by atoms with E-state index in [-0.39, 0.29) is 11.0 Å². The van der Waals surface area contributed by atoms with Crippen LogP contribution in [-0.2, 0) is 5.41 Å². The Morgan fingerprint density at radius 2 is 2.07 bits per heavy atom. The number of aromatic amines is 1. The molecular weight excluding hydrogens is 190 g/mol. The van der Waals surface area contributed by atoms with E-state index in [1.807, 2.05) is 20.8 Å². The highest BCUT2D eigenvalue weighted by atomic mass is 16.1. The van der Waals surface area contributed by atoms with Gasteiger partial charge in [0.25, 0.3) is 5.56 Å². The maximum atomic E-state index is 11.8. The predicted molar refractivity (Wildman–Crippen MR) is 59.2 cm³/mol. The summed E-state index contributed by atoms with van der Waals surface area (Å²) in [5.74, 6) is 1.19. The number of H-pyrrole nitrogens is 1. The van der Waals surface area contributed by atoms with Crippen molar-refractivity contribution < 1.29 is 0 Å². The molecular formula is C11H17N3O. The highest BCUT2D eigenvalue weighted by molar-refractivity contribution is 5.17. The molecule has 1 fully saturated rings. The predicted octanol–water partition coefficient (Wildman–Crippen LogP) is 0.754. The highest BCUT2D eigenvalue weighted by Crippen LogP contribution is 2.19. The van der Waals surface area contributed by atoms with Crippen LogP contribution in [0.5, 0.6) is 0 Å². The van der Waals surface area contributed by atoms with Gasteiger partial charge in [0.05, 0.1) is 0 Å². The summed E-state index contributed by atoms with van der Waals surface area (Å²) in [5.41, 5.74) is 0.606. The number of nitrogens with one attached hydrogen (secondary N) is 2. The standard InChI is InChI=1S/C11H17N3O/c1-11(2,3)8-6-13-9(14-10(8)15)7-4-12-5-7/h6-7,12H,4-5H2,1-3H3,(H,13,14,15). The van der Waals surface area contributed by atoms with Crippen LogP contribution >= 0.6 is 0 Å². The topological polar surface area (TPSA) is 57.8 Å². The molecule has 0 bridgehead atoms. The van der Waals surface area contributed by atoms with Gasteiger partial charge in [-0.3, -0.25) is 4.79 Å². The molecule has 2 heterocycles. The highest BCUT2D eigenvalue weighted by Gasteiger charge is 2.23. The number of hydrogen-bond donors (Lipinski definition) is 2. The van der Waals surface area contributed by atoms with Crippen molar-refractivity contribution in [3.8, 4) is 0 Å². The van der Waals surface area contributed by atoms with Gasteiger partial charge >= 0.3 is 0 Å². The van der Waals surface area contributed by atoms with Crippen LogP contribution in [0.25, 0.3) is 0 Å². The molecule has 0 spiro atoms. The Bertz CT molecular complexity index is 413. The van der Waals surface area contributed by atoms with Gasteiger partial charge in [-0.15, -0.1) is 0 Å². The van der Waals surface area contributed by atoms with Crippen molar-refractivity contribution in [1.82, 2.24) is 15.3 Å². The van der Waals surface area contributed by atoms with Gasteiger partial charge in [-0.2, -0.15) is 0 Å². The zero-order valence-electron chi connectivity index (χ0n) is 9.42. The van der Waals surface area contributed by atoms with Gasteiger partial charge in [0.1, 0.15) is 5.82 Å². The SMILES string of the molecule is CC(C)(C)c1cnc(C2CNC2)[nH]c1=O. The molecule has 0 saturated carbocycles. The van der Waals surface area contributed by atoms with Crippen LogP contribution in [-0.4, -0.2) is 23.1 Å². The Hall–Kier alpha value is -1.16. The Kier molecular flexibility index (Phi) is 2.38. The van der Waals surface area contributed by atoms with E-state index in [0.717, 1.165) is 24.5 Å². The summed E-state index contributed by atoms with van der Waals surface area (Å²) in [5, 5.41) is 3.16. The number of nitrogens with zero attached hydrogens (tertiary/aromatic N) is 1. The monoisotopic (exact) mass is 207 g/mol. The van der Waals surface area contributed by atoms with Gasteiger partial charge in [0.2, 0.25) is 0 Å². The average molecular weight is 207 g/mol. The van der Waals surface area contributed by atoms with E-state index in [9.17, 15) is 4.79 Å². The summed E-state index contributed by atoms with van der Waals surface area (Å²) in [6.07, 6.45) is 1.71. The molecule has 0 atom stereocenters. The van der Waals surface area contributed by atoms with E-state index in [4.69, 9.17) is 0 Å². The van der Waals surface area contributed by atoms with Gasteiger partial charge < -0.3 is 10.3 Å². The number of aromatic nitrogens is 2. The quantitative estimate of drug-likeness (QED) is 0.714. The van der Waals surface area contributed by atoms with Crippen molar-refractivity contribution in [3.63, 3.8) is 0 Å². The van der Waals surface area contributed by atoms with Crippen molar-refractivity contribution in [1.29, 1.82) is 0 Å². The molecule has 1 aliphatic rings. The lowest BCUT2D eigenvalue weighted by Crippen LogP contribution is -2.42. The molecule has 0 aromatic carbocycles. The summed E-state index contributed by atoms with van der Waals surface area (Å²) in [4.78, 5) is 19.0. The molecule has 1 saturated heterocycles. The molecule has 1 aromatic rings. The molecule has 4 nitrogen and oxygen atoms in total. The molecule has 0 radical (unpaired) electrons. The first-order valence-electron chi connectivity index (χ1n) is 5.29. The fourth-order valence-electron chi connectivity index (χ4n) is 1.63. The molecule has 0 aliphatic carbocycles. The zero-order valence-corrected chi connectivity index (χ0v) is 9.42. The summed E-state index contributed by atoms with van der Waals surface area (Å²) >= 11 is 0. The van der Waals surface area contributed by atoms with Crippen molar-refractivity contribution in [2.75, 3.05) is 13.1 Å². The molecule has 2 N–H and O–H groups in total. The Morgan fingerprint density at radius 1 is 1.40 bits per heavy atom. The van der Waals surface area contributed by atoms with Crippen molar-refractivity contribution in [2.24, 2.45) is 0 Å². The first-order valence-corrected chi connectivity index (χ1v) is 5.29. The summed E-state index contributed by atoms with van der Waals surface area (Å²) in [6, 6.07) is 0. The van der Waals surface area contributed by atoms with Gasteiger partial charge in [0, 0.05) is 30.8 Å². The summed E-state index contributed by atoms with van der Waals surface area (Å²) in [7, 11) is 0. The van der Waals surface area contributed by atoms with E-state index in [1.165, 1.54) is 0 Å². The minimum absolute atomic E-state index is 0.000556. The van der Waals surface area contributed by atoms with Gasteiger partial charge in [-0.25, -0.2) is 4.98 Å². The summed E-state index contributed by atoms with van der Waals surface area (Å²) in [6.45, 7) is 7.88. The van der Waals surface area contributed by atoms with Gasteiger partial charge in [-0.05, 0) is 5.41 Å². The molecule has 82 valence electrons. The third-order valence-corrected chi connectivity index (χ3v) is 2.80. The fraction of sp³-hybridized carbons (Fsp3) is 0.636. The lowest BCUT2D eigenvalue weighted by molar-refractivity contribution is 0.427. The van der Waals surface area contributed by atoms with Crippen LogP contribution < -0.4 is 10.9 Å². The smallest absolute Gasteiger partial charge is 0.254 e. The maximum absolute atomic E-state index is 11.8. The first-order chi connectivity index (χ1) is 6.98. The third-order valence-electron chi connectivity index (χ3n) is 2.80. The second-order valence-corrected chi connectivity index (χ2v) is 5.12. The largest absolute Gasteiger partial charge is 0.315 e. The Morgan fingerprint density at radius 3 is 2.47 bits per heavy atom. The van der Waals surface area contributed by atoms with E-state index >= 15 is 0 Å². The number of hydrogen-bond acceptors (Lipinski definition) is 3. The van der Waals surface area contributed by atoms with Gasteiger partial charge in [0.15, 0.2) is 0 Å². The second kappa shape index (κ2) is 3.45. The normalized spacial score (nSPS) is 17.5.